The lowest BCUT2D eigenvalue weighted by Gasteiger charge is -2.26. The summed E-state index contributed by atoms with van der Waals surface area (Å²) in [4.78, 5) is 0.435. The summed E-state index contributed by atoms with van der Waals surface area (Å²) in [6, 6.07) is 5.19. The van der Waals surface area contributed by atoms with Crippen LogP contribution in [0.2, 0.25) is 5.02 Å². The van der Waals surface area contributed by atoms with Crippen molar-refractivity contribution in [2.24, 2.45) is 5.41 Å². The Morgan fingerprint density at radius 3 is 2.62 bits per heavy atom. The summed E-state index contributed by atoms with van der Waals surface area (Å²) in [6.07, 6.45) is 1.70. The van der Waals surface area contributed by atoms with Crippen LogP contribution in [0.1, 0.15) is 32.8 Å². The quantitative estimate of drug-likeness (QED) is 0.669. The molecular weight excluding hydrogens is 290 g/mol. The number of rotatable bonds is 4. The molecule has 0 aromatic heterocycles. The lowest BCUT2D eigenvalue weighted by molar-refractivity contribution is 0.330. The van der Waals surface area contributed by atoms with Gasteiger partial charge in [-0.15, -0.1) is 0 Å². The molecule has 0 saturated heterocycles. The molecule has 0 radical (unpaired) electrons. The van der Waals surface area contributed by atoms with Crippen molar-refractivity contribution in [1.29, 1.82) is 0 Å². The number of benzene rings is 1. The minimum atomic E-state index is -0.278. The van der Waals surface area contributed by atoms with Gasteiger partial charge in [-0.2, -0.15) is 0 Å². The predicted molar refractivity (Wildman–Crippen MR) is 71.9 cm³/mol. The Hall–Kier alpha value is -0.0800. The first-order valence-corrected chi connectivity index (χ1v) is 6.68. The second-order valence-electron chi connectivity index (χ2n) is 5.04. The fourth-order valence-electron chi connectivity index (χ4n) is 2.03. The van der Waals surface area contributed by atoms with Gasteiger partial charge in [0.25, 0.3) is 0 Å². The number of halogens is 3. The molecule has 1 aromatic carbocycles. The highest BCUT2D eigenvalue weighted by molar-refractivity contribution is 9.09. The monoisotopic (exact) mass is 306 g/mol. The van der Waals surface area contributed by atoms with Gasteiger partial charge in [0.15, 0.2) is 0 Å². The van der Waals surface area contributed by atoms with E-state index in [0.29, 0.717) is 16.8 Å². The van der Waals surface area contributed by atoms with Crippen molar-refractivity contribution >= 4 is 27.5 Å². The first kappa shape index (κ1) is 14.0. The largest absolute Gasteiger partial charge is 0.205 e. The summed E-state index contributed by atoms with van der Waals surface area (Å²) in [5, 5.41) is 0.209. The van der Waals surface area contributed by atoms with E-state index in [0.717, 1.165) is 6.42 Å². The molecule has 0 N–H and O–H groups in total. The van der Waals surface area contributed by atoms with E-state index >= 15 is 0 Å². The Morgan fingerprint density at radius 1 is 1.44 bits per heavy atom. The minimum Gasteiger partial charge on any atom is -0.205 e. The fourth-order valence-corrected chi connectivity index (χ4v) is 3.10. The average molecular weight is 308 g/mol. The van der Waals surface area contributed by atoms with Crippen molar-refractivity contribution in [3.63, 3.8) is 0 Å². The van der Waals surface area contributed by atoms with Gasteiger partial charge in [-0.1, -0.05) is 60.4 Å². The van der Waals surface area contributed by atoms with Gasteiger partial charge >= 0.3 is 0 Å². The first-order valence-electron chi connectivity index (χ1n) is 5.39. The molecule has 0 bridgehead atoms. The molecule has 0 fully saturated rings. The first-order chi connectivity index (χ1) is 7.32. The van der Waals surface area contributed by atoms with Gasteiger partial charge in [-0.3, -0.25) is 0 Å². The van der Waals surface area contributed by atoms with Crippen LogP contribution in [0.15, 0.2) is 18.2 Å². The summed E-state index contributed by atoms with van der Waals surface area (Å²) in [7, 11) is 0. The van der Waals surface area contributed by atoms with Crippen molar-refractivity contribution < 1.29 is 4.39 Å². The van der Waals surface area contributed by atoms with Crippen molar-refractivity contribution in [3.05, 3.63) is 34.6 Å². The minimum absolute atomic E-state index is 0.0639. The lowest BCUT2D eigenvalue weighted by Crippen LogP contribution is -2.19. The number of hydrogen-bond donors (Lipinski definition) is 0. The van der Waals surface area contributed by atoms with E-state index < -0.39 is 0 Å². The van der Waals surface area contributed by atoms with E-state index in [1.165, 1.54) is 0 Å². The Labute approximate surface area is 110 Å². The van der Waals surface area contributed by atoms with E-state index in [4.69, 9.17) is 11.6 Å². The molecular formula is C13H17BrClF. The second kappa shape index (κ2) is 5.50. The molecule has 0 nitrogen and oxygen atoms in total. The van der Waals surface area contributed by atoms with Crippen molar-refractivity contribution in [2.45, 2.75) is 38.4 Å². The Morgan fingerprint density at radius 2 is 2.06 bits per heavy atom. The van der Waals surface area contributed by atoms with Crippen LogP contribution in [0.25, 0.3) is 0 Å². The highest BCUT2D eigenvalue weighted by Gasteiger charge is 2.22. The highest BCUT2D eigenvalue weighted by atomic mass is 79.9. The van der Waals surface area contributed by atoms with Crippen molar-refractivity contribution in [2.75, 3.05) is 0 Å². The van der Waals surface area contributed by atoms with Gasteiger partial charge < -0.3 is 0 Å². The fraction of sp³-hybridized carbons (Fsp3) is 0.538. The molecule has 3 heteroatoms. The second-order valence-corrected chi connectivity index (χ2v) is 7.01. The van der Waals surface area contributed by atoms with Gasteiger partial charge in [-0.25, -0.2) is 4.39 Å². The molecule has 1 unspecified atom stereocenters. The lowest BCUT2D eigenvalue weighted by atomic mass is 9.82. The molecule has 0 aliphatic heterocycles. The van der Waals surface area contributed by atoms with Crippen LogP contribution in [0, 0.1) is 11.2 Å². The third kappa shape index (κ3) is 4.06. The van der Waals surface area contributed by atoms with Crippen LogP contribution in [-0.2, 0) is 6.42 Å². The highest BCUT2D eigenvalue weighted by Crippen LogP contribution is 2.31. The molecule has 0 amide bonds. The maximum Gasteiger partial charge on any atom is 0.144 e. The molecule has 90 valence electrons. The van der Waals surface area contributed by atoms with E-state index in [1.807, 2.05) is 6.07 Å². The zero-order chi connectivity index (χ0) is 12.3. The molecule has 0 saturated carbocycles. The van der Waals surface area contributed by atoms with Crippen LogP contribution >= 0.6 is 27.5 Å². The van der Waals surface area contributed by atoms with Crippen molar-refractivity contribution in [3.8, 4) is 0 Å². The van der Waals surface area contributed by atoms with E-state index in [2.05, 4.69) is 36.7 Å². The SMILES string of the molecule is CC(Br)CC(C)(C)Cc1cccc(Cl)c1F. The summed E-state index contributed by atoms with van der Waals surface area (Å²) in [5.74, 6) is -0.278. The van der Waals surface area contributed by atoms with Crippen LogP contribution in [0.3, 0.4) is 0 Å². The van der Waals surface area contributed by atoms with Gasteiger partial charge in [0, 0.05) is 4.83 Å². The standard InChI is InChI=1S/C13H17BrClF/c1-9(14)7-13(2,3)8-10-5-4-6-11(15)12(10)16/h4-6,9H,7-8H2,1-3H3. The van der Waals surface area contributed by atoms with Gasteiger partial charge in [-0.05, 0) is 29.9 Å². The van der Waals surface area contributed by atoms with Crippen molar-refractivity contribution in [1.82, 2.24) is 0 Å². The summed E-state index contributed by atoms with van der Waals surface area (Å²) >= 11 is 9.30. The Bertz CT molecular complexity index is 361. The molecule has 0 spiro atoms. The van der Waals surface area contributed by atoms with Crippen LogP contribution in [0.5, 0.6) is 0 Å². The van der Waals surface area contributed by atoms with Crippen LogP contribution < -0.4 is 0 Å². The van der Waals surface area contributed by atoms with E-state index in [9.17, 15) is 4.39 Å². The molecule has 0 heterocycles. The molecule has 1 aromatic rings. The van der Waals surface area contributed by atoms with Gasteiger partial charge in [0.2, 0.25) is 0 Å². The van der Waals surface area contributed by atoms with E-state index in [-0.39, 0.29) is 16.3 Å². The molecule has 0 aliphatic carbocycles. The Balaban J connectivity index is 2.83. The smallest absolute Gasteiger partial charge is 0.144 e. The molecule has 16 heavy (non-hydrogen) atoms. The number of alkyl halides is 1. The maximum absolute atomic E-state index is 13.7. The summed E-state index contributed by atoms with van der Waals surface area (Å²) in [5.41, 5.74) is 0.764. The zero-order valence-electron chi connectivity index (χ0n) is 9.86. The molecule has 1 rings (SSSR count). The number of hydrogen-bond acceptors (Lipinski definition) is 0. The molecule has 1 atom stereocenters. The topological polar surface area (TPSA) is 0 Å². The average Bonchev–Trinajstić information content (AvgIpc) is 2.10. The van der Waals surface area contributed by atoms with E-state index in [1.54, 1.807) is 12.1 Å². The molecule has 0 aliphatic rings. The van der Waals surface area contributed by atoms with Crippen LogP contribution in [0.4, 0.5) is 4.39 Å². The van der Waals surface area contributed by atoms with Gasteiger partial charge in [0.05, 0.1) is 5.02 Å². The van der Waals surface area contributed by atoms with Crippen LogP contribution in [-0.4, -0.2) is 4.83 Å². The summed E-state index contributed by atoms with van der Waals surface area (Å²) < 4.78 is 13.7. The van der Waals surface area contributed by atoms with Gasteiger partial charge in [0.1, 0.15) is 5.82 Å². The zero-order valence-corrected chi connectivity index (χ0v) is 12.2. The summed E-state index contributed by atoms with van der Waals surface area (Å²) in [6.45, 7) is 6.40. The predicted octanol–water partition coefficient (Wildman–Crippen LogP) is 5.22. The maximum atomic E-state index is 13.7. The Kier molecular flexibility index (Phi) is 4.81. The normalized spacial score (nSPS) is 13.9. The third-order valence-corrected chi connectivity index (χ3v) is 3.15. The third-order valence-electron chi connectivity index (χ3n) is 2.53.